The van der Waals surface area contributed by atoms with Gasteiger partial charge in [-0.05, 0) is 25.7 Å². The summed E-state index contributed by atoms with van der Waals surface area (Å²) in [5.41, 5.74) is 0. The Hall–Kier alpha value is -0.710. The van der Waals surface area contributed by atoms with Crippen molar-refractivity contribution in [1.82, 2.24) is 10.6 Å². The second-order valence-electron chi connectivity index (χ2n) is 5.22. The molecule has 0 aromatic heterocycles. The van der Waals surface area contributed by atoms with E-state index in [0.717, 1.165) is 12.8 Å². The zero-order valence-electron chi connectivity index (χ0n) is 10.7. The standard InChI is InChI=1S/C13H22N2O2S/c16-12(9-18-11-7-3-4-8-11)15-13(17)14-10-5-1-2-6-10/h10-11H,1-9H2,(H2,14,15,16,17). The maximum absolute atomic E-state index is 11.6. The van der Waals surface area contributed by atoms with Crippen LogP contribution in [-0.4, -0.2) is 29.0 Å². The molecule has 18 heavy (non-hydrogen) atoms. The molecule has 2 saturated carbocycles. The van der Waals surface area contributed by atoms with Crippen LogP contribution < -0.4 is 10.6 Å². The lowest BCUT2D eigenvalue weighted by Gasteiger charge is -2.13. The van der Waals surface area contributed by atoms with Gasteiger partial charge in [0, 0.05) is 11.3 Å². The van der Waals surface area contributed by atoms with Gasteiger partial charge in [0.25, 0.3) is 0 Å². The van der Waals surface area contributed by atoms with Gasteiger partial charge in [0.15, 0.2) is 0 Å². The number of hydrogen-bond donors (Lipinski definition) is 2. The largest absolute Gasteiger partial charge is 0.335 e. The maximum atomic E-state index is 11.6. The van der Waals surface area contributed by atoms with Gasteiger partial charge in [-0.15, -0.1) is 11.8 Å². The molecule has 2 aliphatic carbocycles. The minimum atomic E-state index is -0.320. The Bertz CT molecular complexity index is 297. The quantitative estimate of drug-likeness (QED) is 0.825. The van der Waals surface area contributed by atoms with Crippen molar-refractivity contribution in [3.63, 3.8) is 0 Å². The Morgan fingerprint density at radius 3 is 2.28 bits per heavy atom. The second kappa shape index (κ2) is 7.02. The molecule has 102 valence electrons. The van der Waals surface area contributed by atoms with E-state index in [1.165, 1.54) is 38.5 Å². The SMILES string of the molecule is O=C(CSC1CCCC1)NC(=O)NC1CCCC1. The van der Waals surface area contributed by atoms with E-state index >= 15 is 0 Å². The number of hydrogen-bond acceptors (Lipinski definition) is 3. The lowest BCUT2D eigenvalue weighted by atomic mass is 10.2. The first-order valence-corrected chi connectivity index (χ1v) is 8.01. The lowest BCUT2D eigenvalue weighted by molar-refractivity contribution is -0.117. The molecular formula is C13H22N2O2S. The molecular weight excluding hydrogens is 248 g/mol. The Balaban J connectivity index is 1.58. The van der Waals surface area contributed by atoms with Gasteiger partial charge in [0.1, 0.15) is 0 Å². The normalized spacial score (nSPS) is 21.1. The highest BCUT2D eigenvalue weighted by Gasteiger charge is 2.20. The summed E-state index contributed by atoms with van der Waals surface area (Å²) in [7, 11) is 0. The molecule has 2 fully saturated rings. The molecule has 0 heterocycles. The highest BCUT2D eigenvalue weighted by atomic mass is 32.2. The second-order valence-corrected chi connectivity index (χ2v) is 6.51. The number of carbonyl (C=O) groups is 2. The third-order valence-corrected chi connectivity index (χ3v) is 5.07. The molecule has 5 heteroatoms. The molecule has 0 aromatic rings. The molecule has 0 aromatic carbocycles. The highest BCUT2D eigenvalue weighted by molar-refractivity contribution is 8.00. The Morgan fingerprint density at radius 1 is 1.00 bits per heavy atom. The third-order valence-electron chi connectivity index (χ3n) is 3.70. The molecule has 3 amide bonds. The fraction of sp³-hybridized carbons (Fsp3) is 0.846. The Morgan fingerprint density at radius 2 is 1.61 bits per heavy atom. The summed E-state index contributed by atoms with van der Waals surface area (Å²) in [6.45, 7) is 0. The van der Waals surface area contributed by atoms with Gasteiger partial charge in [-0.25, -0.2) is 4.79 Å². The van der Waals surface area contributed by atoms with Crippen LogP contribution in [0.15, 0.2) is 0 Å². The Labute approximate surface area is 113 Å². The summed E-state index contributed by atoms with van der Waals surface area (Å²) in [6, 6.07) is -0.0563. The molecule has 0 spiro atoms. The molecule has 0 atom stereocenters. The number of rotatable bonds is 4. The lowest BCUT2D eigenvalue weighted by Crippen LogP contribution is -2.44. The van der Waals surface area contributed by atoms with Gasteiger partial charge in [-0.2, -0.15) is 0 Å². The van der Waals surface area contributed by atoms with Crippen LogP contribution in [0.1, 0.15) is 51.4 Å². The molecule has 2 N–H and O–H groups in total. The molecule has 2 rings (SSSR count). The van der Waals surface area contributed by atoms with Gasteiger partial charge in [-0.1, -0.05) is 25.7 Å². The van der Waals surface area contributed by atoms with Crippen LogP contribution in [0, 0.1) is 0 Å². The molecule has 0 aliphatic heterocycles. The van der Waals surface area contributed by atoms with E-state index in [0.29, 0.717) is 11.0 Å². The van der Waals surface area contributed by atoms with Crippen molar-refractivity contribution in [2.45, 2.75) is 62.7 Å². The average molecular weight is 270 g/mol. The molecule has 0 saturated heterocycles. The van der Waals surface area contributed by atoms with Gasteiger partial charge in [-0.3, -0.25) is 10.1 Å². The first-order chi connectivity index (χ1) is 8.74. The van der Waals surface area contributed by atoms with Gasteiger partial charge in [0.2, 0.25) is 5.91 Å². The summed E-state index contributed by atoms with van der Waals surface area (Å²) < 4.78 is 0. The van der Waals surface area contributed by atoms with Gasteiger partial charge >= 0.3 is 6.03 Å². The van der Waals surface area contributed by atoms with Crippen molar-refractivity contribution in [2.75, 3.05) is 5.75 Å². The molecule has 4 nitrogen and oxygen atoms in total. The zero-order valence-corrected chi connectivity index (χ0v) is 11.6. The van der Waals surface area contributed by atoms with Crippen LogP contribution in [0.3, 0.4) is 0 Å². The monoisotopic (exact) mass is 270 g/mol. The minimum absolute atomic E-state index is 0.164. The molecule has 0 bridgehead atoms. The number of imide groups is 1. The number of urea groups is 1. The molecule has 2 aliphatic rings. The van der Waals surface area contributed by atoms with Crippen LogP contribution in [0.2, 0.25) is 0 Å². The summed E-state index contributed by atoms with van der Waals surface area (Å²) in [6.07, 6.45) is 9.42. The van der Waals surface area contributed by atoms with Gasteiger partial charge in [0.05, 0.1) is 5.75 Å². The van der Waals surface area contributed by atoms with Crippen LogP contribution in [0.25, 0.3) is 0 Å². The third kappa shape index (κ3) is 4.52. The topological polar surface area (TPSA) is 58.2 Å². The van der Waals surface area contributed by atoms with Crippen molar-refractivity contribution in [1.29, 1.82) is 0 Å². The maximum Gasteiger partial charge on any atom is 0.321 e. The van der Waals surface area contributed by atoms with Crippen molar-refractivity contribution < 1.29 is 9.59 Å². The van der Waals surface area contributed by atoms with Crippen LogP contribution in [0.5, 0.6) is 0 Å². The van der Waals surface area contributed by atoms with Crippen molar-refractivity contribution in [3.8, 4) is 0 Å². The summed E-state index contributed by atoms with van der Waals surface area (Å²) in [5, 5.41) is 5.90. The number of thioether (sulfide) groups is 1. The van der Waals surface area contributed by atoms with E-state index in [1.807, 2.05) is 0 Å². The van der Waals surface area contributed by atoms with E-state index in [2.05, 4.69) is 10.6 Å². The van der Waals surface area contributed by atoms with E-state index < -0.39 is 0 Å². The van der Waals surface area contributed by atoms with Crippen LogP contribution in [0.4, 0.5) is 4.79 Å². The van der Waals surface area contributed by atoms with Crippen molar-refractivity contribution in [2.24, 2.45) is 0 Å². The predicted octanol–water partition coefficient (Wildman–Crippen LogP) is 2.43. The Kier molecular flexibility index (Phi) is 5.35. The fourth-order valence-corrected chi connectivity index (χ4v) is 3.83. The molecule has 0 unspecified atom stereocenters. The van der Waals surface area contributed by atoms with Crippen molar-refractivity contribution in [3.05, 3.63) is 0 Å². The first-order valence-electron chi connectivity index (χ1n) is 6.96. The highest BCUT2D eigenvalue weighted by Crippen LogP contribution is 2.29. The minimum Gasteiger partial charge on any atom is -0.335 e. The van der Waals surface area contributed by atoms with Crippen molar-refractivity contribution >= 4 is 23.7 Å². The summed E-state index contributed by atoms with van der Waals surface area (Å²) >= 11 is 1.68. The first kappa shape index (κ1) is 13.7. The van der Waals surface area contributed by atoms with Crippen LogP contribution in [-0.2, 0) is 4.79 Å². The van der Waals surface area contributed by atoms with E-state index in [-0.39, 0.29) is 18.0 Å². The van der Waals surface area contributed by atoms with E-state index in [9.17, 15) is 9.59 Å². The zero-order chi connectivity index (χ0) is 12.8. The average Bonchev–Trinajstić information content (AvgIpc) is 2.98. The van der Waals surface area contributed by atoms with E-state index in [4.69, 9.17) is 0 Å². The molecule has 0 radical (unpaired) electrons. The number of carbonyl (C=O) groups excluding carboxylic acids is 2. The summed E-state index contributed by atoms with van der Waals surface area (Å²) in [4.78, 5) is 23.1. The number of nitrogens with one attached hydrogen (secondary N) is 2. The smallest absolute Gasteiger partial charge is 0.321 e. The van der Waals surface area contributed by atoms with E-state index in [1.54, 1.807) is 11.8 Å². The predicted molar refractivity (Wildman–Crippen MR) is 73.6 cm³/mol. The van der Waals surface area contributed by atoms with Gasteiger partial charge < -0.3 is 5.32 Å². The summed E-state index contributed by atoms with van der Waals surface area (Å²) in [5.74, 6) is 0.241. The fourth-order valence-electron chi connectivity index (χ4n) is 2.70. The number of amides is 3. The van der Waals surface area contributed by atoms with Crippen LogP contribution >= 0.6 is 11.8 Å².